The highest BCUT2D eigenvalue weighted by atomic mass is 16.6. The number of carbonyl (C=O) groups excluding carboxylic acids is 1. The Labute approximate surface area is 120 Å². The largest absolute Gasteiger partial charge is 0.456 e. The van der Waals surface area contributed by atoms with E-state index in [-0.39, 0.29) is 5.97 Å². The summed E-state index contributed by atoms with van der Waals surface area (Å²) in [6.07, 6.45) is 0. The summed E-state index contributed by atoms with van der Waals surface area (Å²) in [5, 5.41) is 2.13. The van der Waals surface area contributed by atoms with Gasteiger partial charge in [0.1, 0.15) is 5.60 Å². The maximum absolute atomic E-state index is 12.2. The van der Waals surface area contributed by atoms with Crippen molar-refractivity contribution in [3.8, 4) is 0 Å². The van der Waals surface area contributed by atoms with Crippen LogP contribution in [0.3, 0.4) is 0 Å². The first-order chi connectivity index (χ1) is 9.28. The molecular formula is C18H20O2. The third-order valence-electron chi connectivity index (χ3n) is 2.96. The zero-order chi connectivity index (χ0) is 14.9. The molecule has 0 saturated carbocycles. The predicted octanol–water partition coefficient (Wildman–Crippen LogP) is 4.83. The summed E-state index contributed by atoms with van der Waals surface area (Å²) in [7, 11) is 0. The van der Waals surface area contributed by atoms with Crippen LogP contribution in [0.4, 0.5) is 0 Å². The van der Waals surface area contributed by atoms with Crippen LogP contribution in [0.1, 0.15) is 43.6 Å². The highest BCUT2D eigenvalue weighted by Gasteiger charge is 2.19. The molecule has 0 aliphatic heterocycles. The molecule has 2 aromatic rings. The monoisotopic (exact) mass is 268 g/mol. The quantitative estimate of drug-likeness (QED) is 0.729. The van der Waals surface area contributed by atoms with Crippen molar-refractivity contribution in [1.82, 2.24) is 0 Å². The van der Waals surface area contributed by atoms with E-state index in [9.17, 15) is 4.79 Å². The molecule has 2 aromatic carbocycles. The molecule has 0 unspecified atom stereocenters. The second-order valence-corrected chi connectivity index (χ2v) is 6.03. The van der Waals surface area contributed by atoms with Gasteiger partial charge in [-0.15, -0.1) is 0 Å². The lowest BCUT2D eigenvalue weighted by molar-refractivity contribution is 0.00697. The topological polar surface area (TPSA) is 26.3 Å². The smallest absolute Gasteiger partial charge is 0.338 e. The average Bonchev–Trinajstić information content (AvgIpc) is 2.35. The Morgan fingerprint density at radius 3 is 2.40 bits per heavy atom. The number of carbonyl (C=O) groups is 1. The fourth-order valence-corrected chi connectivity index (χ4v) is 2.12. The van der Waals surface area contributed by atoms with Gasteiger partial charge in [0.2, 0.25) is 0 Å². The molecule has 0 aromatic heterocycles. The van der Waals surface area contributed by atoms with Crippen LogP contribution in [0, 0.1) is 0 Å². The second kappa shape index (κ2) is 5.12. The minimum atomic E-state index is -0.494. The summed E-state index contributed by atoms with van der Waals surface area (Å²) in [5.74, 6) is -0.300. The maximum Gasteiger partial charge on any atom is 0.338 e. The van der Waals surface area contributed by atoms with Gasteiger partial charge in [-0.25, -0.2) is 4.79 Å². The molecule has 2 heteroatoms. The Morgan fingerprint density at radius 1 is 1.15 bits per heavy atom. The van der Waals surface area contributed by atoms with Gasteiger partial charge in [-0.2, -0.15) is 0 Å². The predicted molar refractivity (Wildman–Crippen MR) is 83.8 cm³/mol. The van der Waals surface area contributed by atoms with E-state index in [0.717, 1.165) is 21.9 Å². The summed E-state index contributed by atoms with van der Waals surface area (Å²) < 4.78 is 5.44. The van der Waals surface area contributed by atoms with Crippen molar-refractivity contribution < 1.29 is 9.53 Å². The van der Waals surface area contributed by atoms with Crippen LogP contribution in [0.15, 0.2) is 43.0 Å². The molecule has 0 fully saturated rings. The molecule has 0 bridgehead atoms. The van der Waals surface area contributed by atoms with Crippen molar-refractivity contribution in [1.29, 1.82) is 0 Å². The fraction of sp³-hybridized carbons (Fsp3) is 0.278. The summed E-state index contributed by atoms with van der Waals surface area (Å²) in [6.45, 7) is 11.5. The van der Waals surface area contributed by atoms with E-state index in [1.165, 1.54) is 0 Å². The summed E-state index contributed by atoms with van der Waals surface area (Å²) in [4.78, 5) is 12.2. The number of esters is 1. The Bertz CT molecular complexity index is 675. The Balaban J connectivity index is 2.56. The SMILES string of the molecule is C=C(C)c1cc(C(=O)OC(C)(C)C)cc2ccccc12. The van der Waals surface area contributed by atoms with Gasteiger partial charge >= 0.3 is 5.97 Å². The lowest BCUT2D eigenvalue weighted by Gasteiger charge is -2.20. The minimum Gasteiger partial charge on any atom is -0.456 e. The van der Waals surface area contributed by atoms with E-state index in [4.69, 9.17) is 4.74 Å². The lowest BCUT2D eigenvalue weighted by Crippen LogP contribution is -2.23. The first-order valence-electron chi connectivity index (χ1n) is 6.70. The molecule has 0 saturated heterocycles. The maximum atomic E-state index is 12.2. The van der Waals surface area contributed by atoms with Gasteiger partial charge in [0.05, 0.1) is 5.56 Å². The highest BCUT2D eigenvalue weighted by Crippen LogP contribution is 2.27. The van der Waals surface area contributed by atoms with Gasteiger partial charge in [0.25, 0.3) is 0 Å². The Hall–Kier alpha value is -2.09. The molecule has 0 spiro atoms. The van der Waals surface area contributed by atoms with Crippen LogP contribution >= 0.6 is 0 Å². The number of ether oxygens (including phenoxy) is 1. The average molecular weight is 268 g/mol. The molecule has 0 radical (unpaired) electrons. The summed E-state index contributed by atoms with van der Waals surface area (Å²) >= 11 is 0. The Morgan fingerprint density at radius 2 is 1.80 bits per heavy atom. The van der Waals surface area contributed by atoms with Gasteiger partial charge in [-0.05, 0) is 56.2 Å². The molecule has 0 atom stereocenters. The van der Waals surface area contributed by atoms with E-state index in [0.29, 0.717) is 5.56 Å². The number of fused-ring (bicyclic) bond motifs is 1. The molecule has 0 amide bonds. The van der Waals surface area contributed by atoms with Crippen molar-refractivity contribution in [3.05, 3.63) is 54.1 Å². The third-order valence-corrected chi connectivity index (χ3v) is 2.96. The van der Waals surface area contributed by atoms with Crippen LogP contribution in [0.5, 0.6) is 0 Å². The molecule has 0 N–H and O–H groups in total. The first-order valence-corrected chi connectivity index (χ1v) is 6.70. The molecular weight excluding hydrogens is 248 g/mol. The molecule has 104 valence electrons. The van der Waals surface area contributed by atoms with E-state index in [1.54, 1.807) is 0 Å². The standard InChI is InChI=1S/C18H20O2/c1-12(2)16-11-14(17(19)20-18(3,4)5)10-13-8-6-7-9-15(13)16/h6-11H,1H2,2-5H3. The number of hydrogen-bond donors (Lipinski definition) is 0. The zero-order valence-corrected chi connectivity index (χ0v) is 12.5. The van der Waals surface area contributed by atoms with Crippen LogP contribution < -0.4 is 0 Å². The second-order valence-electron chi connectivity index (χ2n) is 6.03. The van der Waals surface area contributed by atoms with Gasteiger partial charge in [-0.1, -0.05) is 36.4 Å². The Kier molecular flexibility index (Phi) is 3.67. The van der Waals surface area contributed by atoms with E-state index < -0.39 is 5.60 Å². The minimum absolute atomic E-state index is 0.300. The van der Waals surface area contributed by atoms with E-state index in [2.05, 4.69) is 6.58 Å². The molecule has 2 nitrogen and oxygen atoms in total. The van der Waals surface area contributed by atoms with Crippen LogP contribution in [0.25, 0.3) is 16.3 Å². The van der Waals surface area contributed by atoms with Crippen LogP contribution in [-0.4, -0.2) is 11.6 Å². The van der Waals surface area contributed by atoms with E-state index in [1.807, 2.05) is 64.1 Å². The molecule has 0 heterocycles. The van der Waals surface area contributed by atoms with Crippen molar-refractivity contribution in [3.63, 3.8) is 0 Å². The zero-order valence-electron chi connectivity index (χ0n) is 12.5. The normalized spacial score (nSPS) is 11.4. The van der Waals surface area contributed by atoms with Crippen molar-refractivity contribution in [2.45, 2.75) is 33.3 Å². The molecule has 2 rings (SSSR count). The number of allylic oxidation sites excluding steroid dienone is 1. The molecule has 0 aliphatic rings. The number of hydrogen-bond acceptors (Lipinski definition) is 2. The van der Waals surface area contributed by atoms with Crippen LogP contribution in [-0.2, 0) is 4.74 Å². The van der Waals surface area contributed by atoms with Crippen molar-refractivity contribution >= 4 is 22.3 Å². The van der Waals surface area contributed by atoms with Crippen LogP contribution in [0.2, 0.25) is 0 Å². The summed E-state index contributed by atoms with van der Waals surface area (Å²) in [5.41, 5.74) is 2.00. The van der Waals surface area contributed by atoms with Crippen molar-refractivity contribution in [2.75, 3.05) is 0 Å². The van der Waals surface area contributed by atoms with Gasteiger partial charge < -0.3 is 4.74 Å². The molecule has 20 heavy (non-hydrogen) atoms. The third kappa shape index (κ3) is 3.08. The van der Waals surface area contributed by atoms with Gasteiger partial charge in [-0.3, -0.25) is 0 Å². The van der Waals surface area contributed by atoms with E-state index >= 15 is 0 Å². The van der Waals surface area contributed by atoms with Gasteiger partial charge in [0, 0.05) is 0 Å². The fourth-order valence-electron chi connectivity index (χ4n) is 2.12. The molecule has 0 aliphatic carbocycles. The lowest BCUT2D eigenvalue weighted by atomic mass is 9.97. The summed E-state index contributed by atoms with van der Waals surface area (Å²) in [6, 6.07) is 11.7. The highest BCUT2D eigenvalue weighted by molar-refractivity contribution is 6.00. The number of benzene rings is 2. The first kappa shape index (κ1) is 14.3. The number of rotatable bonds is 2. The van der Waals surface area contributed by atoms with Gasteiger partial charge in [0.15, 0.2) is 0 Å². The van der Waals surface area contributed by atoms with Crippen molar-refractivity contribution in [2.24, 2.45) is 0 Å².